The second-order valence-corrected chi connectivity index (χ2v) is 6.07. The van der Waals surface area contributed by atoms with Crippen molar-refractivity contribution in [3.8, 4) is 11.3 Å². The molecular weight excluding hydrogens is 347 g/mol. The topological polar surface area (TPSA) is 64.7 Å². The average molecular weight is 365 g/mol. The van der Waals surface area contributed by atoms with Crippen LogP contribution in [0.3, 0.4) is 0 Å². The predicted molar refractivity (Wildman–Crippen MR) is 89.3 cm³/mol. The summed E-state index contributed by atoms with van der Waals surface area (Å²) in [6.45, 7) is 2.01. The summed E-state index contributed by atoms with van der Waals surface area (Å²) in [6, 6.07) is 2.73. The molecule has 0 amide bonds. The van der Waals surface area contributed by atoms with Crippen molar-refractivity contribution in [2.75, 3.05) is 11.9 Å². The predicted octanol–water partition coefficient (Wildman–Crippen LogP) is 2.57. The maximum absolute atomic E-state index is 13.3. The Morgan fingerprint density at radius 1 is 1.12 bits per heavy atom. The molecule has 3 aromatic heterocycles. The molecular formula is C16H18F3N7. The summed E-state index contributed by atoms with van der Waals surface area (Å²) in [5.74, 6) is -0.0243. The van der Waals surface area contributed by atoms with Crippen LogP contribution in [0.1, 0.15) is 17.1 Å². The van der Waals surface area contributed by atoms with Gasteiger partial charge in [-0.15, -0.1) is 0 Å². The molecule has 3 aromatic rings. The number of halogens is 3. The maximum atomic E-state index is 13.3. The van der Waals surface area contributed by atoms with Gasteiger partial charge in [-0.25, -0.2) is 9.97 Å². The minimum Gasteiger partial charge on any atom is -0.338 e. The van der Waals surface area contributed by atoms with Gasteiger partial charge in [-0.3, -0.25) is 9.36 Å². The smallest absolute Gasteiger partial charge is 0.338 e. The van der Waals surface area contributed by atoms with Gasteiger partial charge in [0.25, 0.3) is 0 Å². The van der Waals surface area contributed by atoms with Crippen LogP contribution in [0.25, 0.3) is 11.3 Å². The number of alkyl halides is 3. The molecule has 3 heterocycles. The van der Waals surface area contributed by atoms with Crippen LogP contribution >= 0.6 is 0 Å². The summed E-state index contributed by atoms with van der Waals surface area (Å²) in [6.07, 6.45) is -1.17. The van der Waals surface area contributed by atoms with E-state index in [0.29, 0.717) is 17.0 Å². The molecule has 0 N–H and O–H groups in total. The standard InChI is InChI=1S/C16H18F3N7/c1-10-12(9-26(4)22-10)13-7-14(16(17,18)19)21-15(20-13)24(2)8-11-5-6-25(3)23-11/h5-7,9H,8H2,1-4H3. The molecule has 0 radical (unpaired) electrons. The number of rotatable bonds is 4. The van der Waals surface area contributed by atoms with Crippen molar-refractivity contribution in [3.05, 3.63) is 41.6 Å². The molecule has 0 saturated carbocycles. The second-order valence-electron chi connectivity index (χ2n) is 6.07. The summed E-state index contributed by atoms with van der Waals surface area (Å²) >= 11 is 0. The van der Waals surface area contributed by atoms with Gasteiger partial charge in [0, 0.05) is 39.1 Å². The maximum Gasteiger partial charge on any atom is 0.433 e. The van der Waals surface area contributed by atoms with E-state index in [-0.39, 0.29) is 18.2 Å². The number of aryl methyl sites for hydroxylation is 3. The summed E-state index contributed by atoms with van der Waals surface area (Å²) in [7, 11) is 5.11. The van der Waals surface area contributed by atoms with Gasteiger partial charge in [0.15, 0.2) is 5.69 Å². The first kappa shape index (κ1) is 17.9. The molecule has 0 atom stereocenters. The molecule has 0 bridgehead atoms. The summed E-state index contributed by atoms with van der Waals surface area (Å²) in [4.78, 5) is 9.55. The molecule has 0 aliphatic rings. The molecule has 0 fully saturated rings. The monoisotopic (exact) mass is 365 g/mol. The van der Waals surface area contributed by atoms with Crippen molar-refractivity contribution in [2.45, 2.75) is 19.6 Å². The number of nitrogens with zero attached hydrogens (tertiary/aromatic N) is 7. The Hall–Kier alpha value is -2.91. The van der Waals surface area contributed by atoms with E-state index < -0.39 is 11.9 Å². The molecule has 0 aromatic carbocycles. The Labute approximate surface area is 148 Å². The van der Waals surface area contributed by atoms with Gasteiger partial charge in [-0.2, -0.15) is 23.4 Å². The Morgan fingerprint density at radius 3 is 2.38 bits per heavy atom. The summed E-state index contributed by atoms with van der Waals surface area (Å²) < 4.78 is 43.1. The Kier molecular flexibility index (Phi) is 4.43. The zero-order valence-corrected chi connectivity index (χ0v) is 14.8. The van der Waals surface area contributed by atoms with Gasteiger partial charge in [0.05, 0.1) is 23.6 Å². The van der Waals surface area contributed by atoms with E-state index in [1.165, 1.54) is 9.58 Å². The van der Waals surface area contributed by atoms with Gasteiger partial charge in [0.2, 0.25) is 5.95 Å². The van der Waals surface area contributed by atoms with Crippen LogP contribution < -0.4 is 4.90 Å². The first-order valence-corrected chi connectivity index (χ1v) is 7.80. The van der Waals surface area contributed by atoms with Crippen molar-refractivity contribution in [3.63, 3.8) is 0 Å². The van der Waals surface area contributed by atoms with E-state index in [1.807, 2.05) is 0 Å². The first-order valence-electron chi connectivity index (χ1n) is 7.80. The molecule has 7 nitrogen and oxygen atoms in total. The number of aromatic nitrogens is 6. The molecule has 138 valence electrons. The summed E-state index contributed by atoms with van der Waals surface area (Å²) in [5.41, 5.74) is 1.02. The quantitative estimate of drug-likeness (QED) is 0.711. The van der Waals surface area contributed by atoms with Gasteiger partial charge < -0.3 is 4.90 Å². The van der Waals surface area contributed by atoms with Crippen molar-refractivity contribution < 1.29 is 13.2 Å². The highest BCUT2D eigenvalue weighted by Crippen LogP contribution is 2.32. The normalized spacial score (nSPS) is 11.8. The van der Waals surface area contributed by atoms with Crippen LogP contribution in [0.5, 0.6) is 0 Å². The fourth-order valence-electron chi connectivity index (χ4n) is 2.60. The van der Waals surface area contributed by atoms with Gasteiger partial charge in [-0.1, -0.05) is 0 Å². The zero-order valence-electron chi connectivity index (χ0n) is 14.8. The van der Waals surface area contributed by atoms with Crippen LogP contribution in [-0.2, 0) is 26.8 Å². The second kappa shape index (κ2) is 6.43. The summed E-state index contributed by atoms with van der Waals surface area (Å²) in [5, 5.41) is 8.40. The fraction of sp³-hybridized carbons (Fsp3) is 0.375. The van der Waals surface area contributed by atoms with Crippen LogP contribution in [0.4, 0.5) is 19.1 Å². The molecule has 3 rings (SSSR count). The fourth-order valence-corrected chi connectivity index (χ4v) is 2.60. The molecule has 0 spiro atoms. The minimum absolute atomic E-state index is 0.0243. The van der Waals surface area contributed by atoms with Crippen LogP contribution in [0.15, 0.2) is 24.5 Å². The van der Waals surface area contributed by atoms with Crippen molar-refractivity contribution in [1.29, 1.82) is 0 Å². The lowest BCUT2D eigenvalue weighted by Crippen LogP contribution is -2.22. The molecule has 0 aliphatic heterocycles. The van der Waals surface area contributed by atoms with Crippen LogP contribution in [-0.4, -0.2) is 36.6 Å². The van der Waals surface area contributed by atoms with Gasteiger partial charge in [-0.05, 0) is 19.1 Å². The van der Waals surface area contributed by atoms with Crippen molar-refractivity contribution in [1.82, 2.24) is 29.5 Å². The highest BCUT2D eigenvalue weighted by Gasteiger charge is 2.34. The first-order chi connectivity index (χ1) is 12.1. The molecule has 0 saturated heterocycles. The van der Waals surface area contributed by atoms with Crippen molar-refractivity contribution in [2.24, 2.45) is 14.1 Å². The zero-order chi connectivity index (χ0) is 19.1. The lowest BCUT2D eigenvalue weighted by Gasteiger charge is -2.18. The Bertz CT molecular complexity index is 926. The Balaban J connectivity index is 2.03. The van der Waals surface area contributed by atoms with Gasteiger partial charge in [0.1, 0.15) is 0 Å². The largest absolute Gasteiger partial charge is 0.433 e. The molecule has 0 unspecified atom stereocenters. The lowest BCUT2D eigenvalue weighted by molar-refractivity contribution is -0.141. The highest BCUT2D eigenvalue weighted by molar-refractivity contribution is 5.63. The number of anilines is 1. The average Bonchev–Trinajstić information content (AvgIpc) is 3.10. The molecule has 26 heavy (non-hydrogen) atoms. The van der Waals surface area contributed by atoms with E-state index >= 15 is 0 Å². The third-order valence-electron chi connectivity index (χ3n) is 3.80. The lowest BCUT2D eigenvalue weighted by atomic mass is 10.1. The number of hydrogen-bond donors (Lipinski definition) is 0. The number of hydrogen-bond acceptors (Lipinski definition) is 5. The van der Waals surface area contributed by atoms with E-state index in [0.717, 1.165) is 6.07 Å². The van der Waals surface area contributed by atoms with Crippen LogP contribution in [0.2, 0.25) is 0 Å². The Morgan fingerprint density at radius 2 is 1.85 bits per heavy atom. The van der Waals surface area contributed by atoms with E-state index in [2.05, 4.69) is 20.2 Å². The molecule has 0 aliphatic carbocycles. The SMILES string of the molecule is Cc1nn(C)cc1-c1cc(C(F)(F)F)nc(N(C)Cc2ccn(C)n2)n1. The highest BCUT2D eigenvalue weighted by atomic mass is 19.4. The van der Waals surface area contributed by atoms with Crippen molar-refractivity contribution >= 4 is 5.95 Å². The van der Waals surface area contributed by atoms with E-state index in [9.17, 15) is 13.2 Å². The third kappa shape index (κ3) is 3.68. The minimum atomic E-state index is -4.58. The van der Waals surface area contributed by atoms with Gasteiger partial charge >= 0.3 is 6.18 Å². The van der Waals surface area contributed by atoms with Crippen LogP contribution in [0, 0.1) is 6.92 Å². The third-order valence-corrected chi connectivity index (χ3v) is 3.80. The molecule has 10 heteroatoms. The van der Waals surface area contributed by atoms with E-state index in [1.54, 1.807) is 51.2 Å². The van der Waals surface area contributed by atoms with E-state index in [4.69, 9.17) is 0 Å².